The number of ether oxygens (including phenoxy) is 1. The molecule has 3 fully saturated rings. The largest absolute Gasteiger partial charge is 0.508 e. The van der Waals surface area contributed by atoms with Gasteiger partial charge in [0.2, 0.25) is 23.6 Å². The lowest BCUT2D eigenvalue weighted by atomic mass is 9.57. The van der Waals surface area contributed by atoms with Crippen molar-refractivity contribution in [2.75, 3.05) is 20.2 Å². The Labute approximate surface area is 192 Å². The number of allylic oxidation sites excluding steroid dienone is 2. The minimum Gasteiger partial charge on any atom is -0.508 e. The van der Waals surface area contributed by atoms with Crippen molar-refractivity contribution in [3.05, 3.63) is 35.4 Å². The van der Waals surface area contributed by atoms with E-state index < -0.39 is 29.6 Å². The molecule has 2 aliphatic carbocycles. The van der Waals surface area contributed by atoms with Gasteiger partial charge >= 0.3 is 0 Å². The smallest absolute Gasteiger partial charge is 0.234 e. The van der Waals surface area contributed by atoms with Gasteiger partial charge in [0.25, 0.3) is 0 Å². The van der Waals surface area contributed by atoms with Crippen LogP contribution in [0.2, 0.25) is 0 Å². The van der Waals surface area contributed by atoms with Gasteiger partial charge in [-0.15, -0.1) is 0 Å². The second-order valence-electron chi connectivity index (χ2n) is 9.26. The number of phenolic OH excluding ortho intramolecular Hbond substituents is 1. The number of rotatable bonds is 4. The Balaban J connectivity index is 1.70. The summed E-state index contributed by atoms with van der Waals surface area (Å²) in [6.07, 6.45) is 2.72. The Hall–Kier alpha value is -3.16. The number of amides is 4. The average molecular weight is 453 g/mol. The van der Waals surface area contributed by atoms with Crippen molar-refractivity contribution in [1.29, 1.82) is 0 Å². The lowest BCUT2D eigenvalue weighted by molar-refractivity contribution is -0.141. The number of phenols is 1. The molecular formula is C25H28N2O6. The van der Waals surface area contributed by atoms with E-state index in [2.05, 4.69) is 0 Å². The van der Waals surface area contributed by atoms with Crippen LogP contribution in [0.15, 0.2) is 29.8 Å². The van der Waals surface area contributed by atoms with Gasteiger partial charge < -0.3 is 9.84 Å². The molecule has 0 aromatic heterocycles. The Bertz CT molecular complexity index is 1090. The van der Waals surface area contributed by atoms with E-state index in [1.54, 1.807) is 32.0 Å². The maximum atomic E-state index is 13.4. The first-order chi connectivity index (χ1) is 15.8. The standard InChI is InChI=1S/C25H28N2O6/c1-4-26-22(29)13-10-9-12-14(18(13)24(26)31)11-15-20(25(32)27(5-2)23(15)30)19(12)21-16(28)7-6-8-17(21)33-3/h6-9,13-15,18-20,28H,4-5,10-11H2,1-3H3/t13-,14+,15+,18-,19-,20+/m0/s1. The van der Waals surface area contributed by atoms with Crippen molar-refractivity contribution in [2.24, 2.45) is 29.6 Å². The van der Waals surface area contributed by atoms with Gasteiger partial charge in [0.1, 0.15) is 11.5 Å². The highest BCUT2D eigenvalue weighted by atomic mass is 16.5. The molecular weight excluding hydrogens is 424 g/mol. The Morgan fingerprint density at radius 2 is 1.55 bits per heavy atom. The Morgan fingerprint density at radius 3 is 2.18 bits per heavy atom. The molecule has 6 atom stereocenters. The van der Waals surface area contributed by atoms with Crippen LogP contribution in [0.4, 0.5) is 0 Å². The summed E-state index contributed by atoms with van der Waals surface area (Å²) in [7, 11) is 1.50. The SMILES string of the molecule is CCN1C(=O)[C@H]2[C@H](CC=C3[C@H]2C[C@H]2C(=O)N(CC)C(=O)[C@H]2[C@H]3c2c(O)cccc2OC)C1=O. The summed E-state index contributed by atoms with van der Waals surface area (Å²) in [5, 5.41) is 10.9. The van der Waals surface area contributed by atoms with Crippen molar-refractivity contribution >= 4 is 23.6 Å². The zero-order valence-corrected chi connectivity index (χ0v) is 19.0. The highest BCUT2D eigenvalue weighted by Gasteiger charge is 2.62. The van der Waals surface area contributed by atoms with E-state index in [0.717, 1.165) is 5.57 Å². The van der Waals surface area contributed by atoms with Crippen LogP contribution in [0, 0.1) is 29.6 Å². The molecule has 2 heterocycles. The molecule has 1 saturated carbocycles. The van der Waals surface area contributed by atoms with Crippen molar-refractivity contribution in [2.45, 2.75) is 32.6 Å². The van der Waals surface area contributed by atoms with Crippen LogP contribution in [0.5, 0.6) is 11.5 Å². The average Bonchev–Trinajstić information content (AvgIpc) is 3.21. The first-order valence-corrected chi connectivity index (χ1v) is 11.6. The third-order valence-electron chi connectivity index (χ3n) is 8.04. The molecule has 2 aliphatic heterocycles. The third-order valence-corrected chi connectivity index (χ3v) is 8.04. The van der Waals surface area contributed by atoms with Crippen LogP contribution < -0.4 is 4.74 Å². The molecule has 0 unspecified atom stereocenters. The minimum atomic E-state index is -0.673. The van der Waals surface area contributed by atoms with E-state index in [0.29, 0.717) is 30.7 Å². The maximum Gasteiger partial charge on any atom is 0.234 e. The van der Waals surface area contributed by atoms with Crippen molar-refractivity contribution < 1.29 is 29.0 Å². The molecule has 0 radical (unpaired) electrons. The minimum absolute atomic E-state index is 0.0130. The number of hydrogen-bond donors (Lipinski definition) is 1. The van der Waals surface area contributed by atoms with Crippen LogP contribution in [0.3, 0.4) is 0 Å². The molecule has 1 N–H and O–H groups in total. The molecule has 1 aromatic rings. The fourth-order valence-corrected chi connectivity index (χ4v) is 6.69. The summed E-state index contributed by atoms with van der Waals surface area (Å²) < 4.78 is 5.56. The summed E-state index contributed by atoms with van der Waals surface area (Å²) in [4.78, 5) is 55.4. The van der Waals surface area contributed by atoms with Gasteiger partial charge in [0, 0.05) is 24.6 Å². The van der Waals surface area contributed by atoms with E-state index in [1.807, 2.05) is 6.08 Å². The Morgan fingerprint density at radius 1 is 0.909 bits per heavy atom. The first-order valence-electron chi connectivity index (χ1n) is 11.6. The van der Waals surface area contributed by atoms with Gasteiger partial charge in [-0.05, 0) is 44.7 Å². The monoisotopic (exact) mass is 452 g/mol. The molecule has 5 rings (SSSR count). The number of nitrogens with zero attached hydrogens (tertiary/aromatic N) is 2. The normalized spacial score (nSPS) is 33.1. The molecule has 8 heteroatoms. The summed E-state index contributed by atoms with van der Waals surface area (Å²) >= 11 is 0. The van der Waals surface area contributed by atoms with E-state index in [1.165, 1.54) is 16.9 Å². The highest BCUT2D eigenvalue weighted by Crippen LogP contribution is 2.59. The molecule has 0 spiro atoms. The molecule has 174 valence electrons. The quantitative estimate of drug-likeness (QED) is 0.554. The van der Waals surface area contributed by atoms with E-state index >= 15 is 0 Å². The zero-order valence-electron chi connectivity index (χ0n) is 19.0. The summed E-state index contributed by atoms with van der Waals surface area (Å²) in [5.41, 5.74) is 1.32. The Kier molecular flexibility index (Phi) is 5.06. The van der Waals surface area contributed by atoms with Crippen LogP contribution in [0.25, 0.3) is 0 Å². The number of methoxy groups -OCH3 is 1. The first kappa shape index (κ1) is 21.7. The molecule has 1 aromatic carbocycles. The summed E-state index contributed by atoms with van der Waals surface area (Å²) in [6.45, 7) is 4.14. The van der Waals surface area contributed by atoms with Gasteiger partial charge in [0.15, 0.2) is 0 Å². The summed E-state index contributed by atoms with van der Waals surface area (Å²) in [6, 6.07) is 4.94. The highest BCUT2D eigenvalue weighted by molar-refractivity contribution is 6.08. The maximum absolute atomic E-state index is 13.4. The van der Waals surface area contributed by atoms with Gasteiger partial charge in [0.05, 0.1) is 30.8 Å². The van der Waals surface area contributed by atoms with E-state index in [9.17, 15) is 24.3 Å². The molecule has 8 nitrogen and oxygen atoms in total. The molecule has 2 saturated heterocycles. The van der Waals surface area contributed by atoms with Gasteiger partial charge in [-0.3, -0.25) is 29.0 Å². The van der Waals surface area contributed by atoms with Crippen LogP contribution in [-0.2, 0) is 19.2 Å². The number of fused-ring (bicyclic) bond motifs is 4. The number of imide groups is 2. The lowest BCUT2D eigenvalue weighted by Crippen LogP contribution is -2.43. The van der Waals surface area contributed by atoms with Crippen molar-refractivity contribution in [1.82, 2.24) is 9.80 Å². The van der Waals surface area contributed by atoms with Crippen LogP contribution >= 0.6 is 0 Å². The number of likely N-dealkylation sites (tertiary alicyclic amines) is 2. The molecule has 4 aliphatic rings. The second-order valence-corrected chi connectivity index (χ2v) is 9.26. The van der Waals surface area contributed by atoms with Crippen molar-refractivity contribution in [3.63, 3.8) is 0 Å². The third kappa shape index (κ3) is 2.82. The fourth-order valence-electron chi connectivity index (χ4n) is 6.69. The van der Waals surface area contributed by atoms with E-state index in [-0.39, 0.29) is 41.8 Å². The van der Waals surface area contributed by atoms with Gasteiger partial charge in [-0.1, -0.05) is 17.7 Å². The van der Waals surface area contributed by atoms with Crippen LogP contribution in [-0.4, -0.2) is 58.7 Å². The zero-order chi connectivity index (χ0) is 23.6. The number of aromatic hydroxyl groups is 1. The molecule has 0 bridgehead atoms. The number of benzene rings is 1. The predicted octanol–water partition coefficient (Wildman–Crippen LogP) is 2.08. The fraction of sp³-hybridized carbons (Fsp3) is 0.520. The number of carbonyl (C=O) groups is 4. The van der Waals surface area contributed by atoms with Gasteiger partial charge in [-0.2, -0.15) is 0 Å². The number of carbonyl (C=O) groups excluding carboxylic acids is 4. The topological polar surface area (TPSA) is 104 Å². The van der Waals surface area contributed by atoms with Crippen LogP contribution in [0.1, 0.15) is 38.2 Å². The predicted molar refractivity (Wildman–Crippen MR) is 117 cm³/mol. The van der Waals surface area contributed by atoms with E-state index in [4.69, 9.17) is 4.74 Å². The van der Waals surface area contributed by atoms with Crippen molar-refractivity contribution in [3.8, 4) is 11.5 Å². The summed E-state index contributed by atoms with van der Waals surface area (Å²) in [5.74, 6) is -3.65. The number of hydrogen-bond acceptors (Lipinski definition) is 6. The second kappa shape index (κ2) is 7.71. The van der Waals surface area contributed by atoms with Gasteiger partial charge in [-0.25, -0.2) is 0 Å². The molecule has 4 amide bonds. The molecule has 33 heavy (non-hydrogen) atoms. The lowest BCUT2D eigenvalue weighted by Gasteiger charge is -2.44.